The minimum Gasteiger partial charge on any atom is -0.287 e. The van der Waals surface area contributed by atoms with Crippen molar-refractivity contribution >= 4 is 22.3 Å². The van der Waals surface area contributed by atoms with E-state index < -0.39 is 10.7 Å². The Morgan fingerprint density at radius 3 is 2.36 bits per heavy atom. The van der Waals surface area contributed by atoms with Gasteiger partial charge in [0.1, 0.15) is 5.37 Å². The lowest BCUT2D eigenvalue weighted by atomic mass is 10.2. The lowest BCUT2D eigenvalue weighted by Gasteiger charge is -2.34. The second-order valence-corrected chi connectivity index (χ2v) is 4.18. The van der Waals surface area contributed by atoms with Crippen LogP contribution in [0.4, 0.5) is 0 Å². The molecule has 0 aromatic carbocycles. The molecule has 11 heavy (non-hydrogen) atoms. The Morgan fingerprint density at radius 1 is 1.45 bits per heavy atom. The summed E-state index contributed by atoms with van der Waals surface area (Å²) in [7, 11) is -2.32. The van der Waals surface area contributed by atoms with Gasteiger partial charge >= 0.3 is 0 Å². The largest absolute Gasteiger partial charge is 0.287 e. The average molecular weight is 198 g/mol. The first-order valence-electron chi connectivity index (χ1n) is 3.69. The van der Waals surface area contributed by atoms with Gasteiger partial charge in [-0.3, -0.25) is 4.90 Å². The van der Waals surface area contributed by atoms with Crippen molar-refractivity contribution in [3.8, 4) is 0 Å². The minimum absolute atomic E-state index is 0.309. The van der Waals surface area contributed by atoms with E-state index in [-0.39, 0.29) is 5.37 Å². The third-order valence-corrected chi connectivity index (χ3v) is 3.21. The van der Waals surface area contributed by atoms with Crippen molar-refractivity contribution in [2.75, 3.05) is 19.0 Å². The third kappa shape index (κ3) is 2.32. The van der Waals surface area contributed by atoms with Crippen LogP contribution in [0.3, 0.4) is 0 Å². The normalized spacial score (nSPS) is 21.6. The molecule has 3 nitrogen and oxygen atoms in total. The molecule has 1 heterocycles. The smallest absolute Gasteiger partial charge is 0.156 e. The molecule has 0 N–H and O–H groups in total. The molecule has 0 aromatic heterocycles. The van der Waals surface area contributed by atoms with E-state index in [0.29, 0.717) is 12.3 Å². The fourth-order valence-electron chi connectivity index (χ4n) is 1.16. The Bertz CT molecular complexity index is 183. The number of halogens is 1. The molecule has 1 saturated heterocycles. The fraction of sp³-hybridized carbons (Fsp3) is 1.00. The van der Waals surface area contributed by atoms with Gasteiger partial charge in [-0.1, -0.05) is 0 Å². The highest BCUT2D eigenvalue weighted by molar-refractivity contribution is 7.73. The van der Waals surface area contributed by atoms with Crippen LogP contribution >= 0.6 is 11.6 Å². The highest BCUT2D eigenvalue weighted by atomic mass is 35.5. The van der Waals surface area contributed by atoms with E-state index in [1.807, 2.05) is 4.90 Å². The highest BCUT2D eigenvalue weighted by Gasteiger charge is 2.25. The van der Waals surface area contributed by atoms with Crippen molar-refractivity contribution in [3.63, 3.8) is 0 Å². The molecule has 1 rings (SSSR count). The maximum Gasteiger partial charge on any atom is 0.156 e. The summed E-state index contributed by atoms with van der Waals surface area (Å²) in [5.74, 6) is 0.421. The molecule has 66 valence electrons. The SMILES string of the molecule is O=[SH](=O)C(CCCl)N1CCC1. The molecule has 1 fully saturated rings. The number of rotatable bonds is 4. The molecule has 0 amide bonds. The van der Waals surface area contributed by atoms with Crippen molar-refractivity contribution in [3.05, 3.63) is 0 Å². The zero-order valence-corrected chi connectivity index (χ0v) is 7.85. The molecule has 5 heteroatoms. The Morgan fingerprint density at radius 2 is 2.09 bits per heavy atom. The van der Waals surface area contributed by atoms with Gasteiger partial charge < -0.3 is 0 Å². The molecule has 1 aliphatic rings. The molecule has 0 spiro atoms. The summed E-state index contributed by atoms with van der Waals surface area (Å²) < 4.78 is 21.3. The van der Waals surface area contributed by atoms with E-state index in [1.54, 1.807) is 0 Å². The summed E-state index contributed by atoms with van der Waals surface area (Å²) in [5, 5.41) is -0.309. The second-order valence-electron chi connectivity index (χ2n) is 2.63. The first kappa shape index (κ1) is 9.29. The number of hydrogen-bond acceptors (Lipinski definition) is 3. The van der Waals surface area contributed by atoms with Crippen LogP contribution in [0.1, 0.15) is 12.8 Å². The van der Waals surface area contributed by atoms with Crippen LogP contribution in [0, 0.1) is 0 Å². The van der Waals surface area contributed by atoms with Crippen LogP contribution in [0.25, 0.3) is 0 Å². The summed E-state index contributed by atoms with van der Waals surface area (Å²) in [6, 6.07) is 0. The molecule has 1 atom stereocenters. The number of likely N-dealkylation sites (tertiary alicyclic amines) is 1. The van der Waals surface area contributed by atoms with Gasteiger partial charge in [-0.25, -0.2) is 8.42 Å². The predicted molar refractivity (Wildman–Crippen MR) is 45.6 cm³/mol. The molecule has 1 unspecified atom stereocenters. The van der Waals surface area contributed by atoms with E-state index in [1.165, 1.54) is 0 Å². The van der Waals surface area contributed by atoms with E-state index in [2.05, 4.69) is 0 Å². The second kappa shape index (κ2) is 4.28. The minimum atomic E-state index is -2.32. The zero-order chi connectivity index (χ0) is 8.27. The standard InChI is InChI=1S/C6H12ClNO2S/c7-3-2-6(11(9)10)8-4-1-5-8/h6,11H,1-5H2. The molecule has 0 radical (unpaired) electrons. The fourth-order valence-corrected chi connectivity index (χ4v) is 2.35. The third-order valence-electron chi connectivity index (χ3n) is 1.92. The first-order chi connectivity index (χ1) is 5.25. The average Bonchev–Trinajstić information content (AvgIpc) is 1.82. The maximum absolute atomic E-state index is 10.7. The van der Waals surface area contributed by atoms with Gasteiger partial charge in [-0.05, 0) is 12.8 Å². The number of hydrogen-bond donors (Lipinski definition) is 1. The van der Waals surface area contributed by atoms with Crippen molar-refractivity contribution in [2.45, 2.75) is 18.2 Å². The maximum atomic E-state index is 10.7. The number of nitrogens with zero attached hydrogens (tertiary/aromatic N) is 1. The molecule has 0 aromatic rings. The summed E-state index contributed by atoms with van der Waals surface area (Å²) in [6.45, 7) is 1.82. The van der Waals surface area contributed by atoms with Crippen LogP contribution in [0.15, 0.2) is 0 Å². The van der Waals surface area contributed by atoms with Gasteiger partial charge in [0, 0.05) is 19.0 Å². The van der Waals surface area contributed by atoms with Crippen molar-refractivity contribution in [1.82, 2.24) is 4.90 Å². The number of thiol groups is 1. The summed E-state index contributed by atoms with van der Waals surface area (Å²) in [4.78, 5) is 1.95. The lowest BCUT2D eigenvalue weighted by molar-refractivity contribution is 0.159. The van der Waals surface area contributed by atoms with Crippen LogP contribution in [-0.2, 0) is 10.7 Å². The molecule has 0 aliphatic carbocycles. The molecule has 1 aliphatic heterocycles. The van der Waals surface area contributed by atoms with Crippen molar-refractivity contribution in [1.29, 1.82) is 0 Å². The van der Waals surface area contributed by atoms with Gasteiger partial charge in [-0.15, -0.1) is 11.6 Å². The lowest BCUT2D eigenvalue weighted by Crippen LogP contribution is -2.45. The predicted octanol–water partition coefficient (Wildman–Crippen LogP) is 0.258. The summed E-state index contributed by atoms with van der Waals surface area (Å²) in [5.41, 5.74) is 0. The van der Waals surface area contributed by atoms with Gasteiger partial charge in [0.25, 0.3) is 0 Å². The summed E-state index contributed by atoms with van der Waals surface area (Å²) >= 11 is 5.47. The van der Waals surface area contributed by atoms with Crippen LogP contribution in [-0.4, -0.2) is 37.7 Å². The Balaban J connectivity index is 2.44. The quantitative estimate of drug-likeness (QED) is 0.519. The van der Waals surface area contributed by atoms with Gasteiger partial charge in [0.2, 0.25) is 0 Å². The molecule has 0 saturated carbocycles. The van der Waals surface area contributed by atoms with Crippen LogP contribution in [0.5, 0.6) is 0 Å². The monoisotopic (exact) mass is 197 g/mol. The van der Waals surface area contributed by atoms with E-state index >= 15 is 0 Å². The van der Waals surface area contributed by atoms with E-state index in [9.17, 15) is 8.42 Å². The van der Waals surface area contributed by atoms with Gasteiger partial charge in [0.15, 0.2) is 10.7 Å². The zero-order valence-electron chi connectivity index (χ0n) is 6.20. The summed E-state index contributed by atoms with van der Waals surface area (Å²) in [6.07, 6.45) is 1.67. The van der Waals surface area contributed by atoms with Gasteiger partial charge in [-0.2, -0.15) is 0 Å². The Labute approximate surface area is 73.3 Å². The van der Waals surface area contributed by atoms with Crippen LogP contribution in [0.2, 0.25) is 0 Å². The van der Waals surface area contributed by atoms with Gasteiger partial charge in [0.05, 0.1) is 0 Å². The molecule has 0 bridgehead atoms. The topological polar surface area (TPSA) is 37.4 Å². The number of alkyl halides is 1. The van der Waals surface area contributed by atoms with E-state index in [4.69, 9.17) is 11.6 Å². The van der Waals surface area contributed by atoms with Crippen molar-refractivity contribution < 1.29 is 8.42 Å². The first-order valence-corrected chi connectivity index (χ1v) is 5.47. The molecular weight excluding hydrogens is 186 g/mol. The van der Waals surface area contributed by atoms with E-state index in [0.717, 1.165) is 19.5 Å². The van der Waals surface area contributed by atoms with Crippen molar-refractivity contribution in [2.24, 2.45) is 0 Å². The van der Waals surface area contributed by atoms with Crippen LogP contribution < -0.4 is 0 Å². The highest BCUT2D eigenvalue weighted by Crippen LogP contribution is 2.14. The Hall–Kier alpha value is 0.200. The Kier molecular flexibility index (Phi) is 3.62. The molecular formula is C6H12ClNO2S.